The first-order chi connectivity index (χ1) is 20.4. The molecule has 0 fully saturated rings. The van der Waals surface area contributed by atoms with Gasteiger partial charge in [-0.15, -0.1) is 0 Å². The second-order valence-corrected chi connectivity index (χ2v) is 11.7. The zero-order valence-corrected chi connectivity index (χ0v) is 24.1. The number of benzene rings is 1. The number of anilines is 1. The van der Waals surface area contributed by atoms with Crippen LogP contribution >= 0.6 is 0 Å². The molecule has 0 saturated carbocycles. The molecule has 3 aromatic heterocycles. The van der Waals surface area contributed by atoms with Crippen molar-refractivity contribution in [1.29, 1.82) is 0 Å². The smallest absolute Gasteiger partial charge is 0.417 e. The summed E-state index contributed by atoms with van der Waals surface area (Å²) >= 11 is 0. The number of rotatable bonds is 3. The van der Waals surface area contributed by atoms with Crippen LogP contribution in [0.2, 0.25) is 0 Å². The fourth-order valence-electron chi connectivity index (χ4n) is 7.23. The molecule has 1 aliphatic carbocycles. The molecular weight excluding hydrogens is 562 g/mol. The van der Waals surface area contributed by atoms with Gasteiger partial charge in [-0.25, -0.2) is 14.1 Å². The van der Waals surface area contributed by atoms with Crippen LogP contribution in [-0.2, 0) is 45.9 Å². The number of pyridine rings is 1. The molecule has 222 valence electrons. The highest BCUT2D eigenvalue weighted by Crippen LogP contribution is 2.58. The van der Waals surface area contributed by atoms with Gasteiger partial charge in [0, 0.05) is 48.7 Å². The van der Waals surface area contributed by atoms with E-state index >= 15 is 4.39 Å². The summed E-state index contributed by atoms with van der Waals surface area (Å²) in [5.74, 6) is -1.55. The number of fused-ring (bicyclic) bond motifs is 10. The molecule has 0 amide bonds. The van der Waals surface area contributed by atoms with Gasteiger partial charge in [-0.1, -0.05) is 31.2 Å². The number of alkyl halides is 3. The number of hydrogen-bond donors (Lipinski definition) is 1. The lowest BCUT2D eigenvalue weighted by atomic mass is 9.60. The first kappa shape index (κ1) is 27.4. The Bertz CT molecular complexity index is 1850. The van der Waals surface area contributed by atoms with Gasteiger partial charge in [0.2, 0.25) is 0 Å². The molecule has 2 atom stereocenters. The number of nitrogens with zero attached hydrogens (tertiary/aromatic N) is 4. The Hall–Kier alpha value is -4.41. The van der Waals surface area contributed by atoms with E-state index in [0.29, 0.717) is 30.9 Å². The van der Waals surface area contributed by atoms with E-state index in [1.54, 1.807) is 4.90 Å². The van der Waals surface area contributed by atoms with E-state index in [4.69, 9.17) is 9.84 Å². The molecule has 0 radical (unpaired) electrons. The number of ether oxygens (including phenoxy) is 1. The summed E-state index contributed by atoms with van der Waals surface area (Å²) in [5.41, 5.74) is 5.12. The number of halogens is 4. The van der Waals surface area contributed by atoms with Crippen molar-refractivity contribution in [2.75, 3.05) is 18.6 Å². The number of H-pyrrole nitrogens is 1. The Kier molecular flexibility index (Phi) is 5.77. The zero-order chi connectivity index (χ0) is 30.5. The highest BCUT2D eigenvalue weighted by atomic mass is 19.4. The summed E-state index contributed by atoms with van der Waals surface area (Å²) < 4.78 is 62.0. The van der Waals surface area contributed by atoms with Crippen LogP contribution in [0.15, 0.2) is 48.8 Å². The highest BCUT2D eigenvalue weighted by molar-refractivity contribution is 5.96. The van der Waals surface area contributed by atoms with Gasteiger partial charge < -0.3 is 14.6 Å². The van der Waals surface area contributed by atoms with Crippen molar-refractivity contribution in [3.05, 3.63) is 99.5 Å². The number of aromatic nitrogens is 4. The number of carbonyl (C=O) groups is 1. The molecule has 11 heteroatoms. The standard InChI is InChI=1S/C32H29F4N5O2/c1-5-17-7-6-8-19-22-14-30(2,29(42)43-4)26-21(9-11-37-26)31(22,3)27-20-16-40(12-10-24(20)39-41(27)25(17)19)28-23(33)13-18(15-38-28)32(34,35)36/h6-9,11,13-15,37H,5,10,12,16H2,1-4H3. The van der Waals surface area contributed by atoms with Crippen LogP contribution in [0.3, 0.4) is 0 Å². The van der Waals surface area contributed by atoms with Crippen molar-refractivity contribution in [2.24, 2.45) is 0 Å². The second kappa shape index (κ2) is 9.05. The van der Waals surface area contributed by atoms with Crippen molar-refractivity contribution in [3.63, 3.8) is 0 Å². The van der Waals surface area contributed by atoms with Crippen LogP contribution in [0, 0.1) is 5.82 Å². The number of methoxy groups -OCH3 is 1. The molecule has 5 heterocycles. The Balaban J connectivity index is 1.46. The topological polar surface area (TPSA) is 76.0 Å². The lowest BCUT2D eigenvalue weighted by Crippen LogP contribution is -2.44. The molecule has 1 N–H and O–H groups in total. The quantitative estimate of drug-likeness (QED) is 0.233. The molecule has 0 bridgehead atoms. The van der Waals surface area contributed by atoms with E-state index in [2.05, 4.69) is 29.9 Å². The Morgan fingerprint density at radius 1 is 1.21 bits per heavy atom. The maximum Gasteiger partial charge on any atom is 0.417 e. The molecule has 0 spiro atoms. The van der Waals surface area contributed by atoms with Crippen LogP contribution in [0.25, 0.3) is 11.3 Å². The molecular formula is C32H29F4N5O2. The lowest BCUT2D eigenvalue weighted by molar-refractivity contribution is -0.145. The summed E-state index contributed by atoms with van der Waals surface area (Å²) in [6, 6.07) is 8.59. The number of aryl methyl sites for hydroxylation is 1. The van der Waals surface area contributed by atoms with Crippen LogP contribution in [-0.4, -0.2) is 39.4 Å². The number of hydrogen-bond acceptors (Lipinski definition) is 5. The van der Waals surface area contributed by atoms with E-state index in [9.17, 15) is 18.0 Å². The van der Waals surface area contributed by atoms with Gasteiger partial charge in [0.05, 0.1) is 35.2 Å². The van der Waals surface area contributed by atoms with Crippen molar-refractivity contribution in [2.45, 2.75) is 57.2 Å². The van der Waals surface area contributed by atoms with Crippen LogP contribution in [0.5, 0.6) is 0 Å². The first-order valence-corrected chi connectivity index (χ1v) is 14.1. The van der Waals surface area contributed by atoms with Gasteiger partial charge in [0.1, 0.15) is 5.41 Å². The summed E-state index contributed by atoms with van der Waals surface area (Å²) in [5, 5.41) is 5.12. The normalized spacial score (nSPS) is 22.1. The largest absolute Gasteiger partial charge is 0.468 e. The van der Waals surface area contributed by atoms with Crippen LogP contribution < -0.4 is 4.90 Å². The summed E-state index contributed by atoms with van der Waals surface area (Å²) in [6.07, 6.45) is 0.976. The van der Waals surface area contributed by atoms with E-state index in [1.807, 2.05) is 42.1 Å². The number of nitrogens with one attached hydrogen (secondary N) is 1. The van der Waals surface area contributed by atoms with E-state index in [-0.39, 0.29) is 12.4 Å². The van der Waals surface area contributed by atoms with Crippen molar-refractivity contribution < 1.29 is 27.1 Å². The van der Waals surface area contributed by atoms with E-state index in [0.717, 1.165) is 51.3 Å². The minimum atomic E-state index is -4.69. The summed E-state index contributed by atoms with van der Waals surface area (Å²) in [7, 11) is 1.38. The summed E-state index contributed by atoms with van der Waals surface area (Å²) in [6.45, 7) is 6.57. The van der Waals surface area contributed by atoms with E-state index < -0.39 is 34.4 Å². The Morgan fingerprint density at radius 3 is 2.70 bits per heavy atom. The first-order valence-electron chi connectivity index (χ1n) is 14.1. The Morgan fingerprint density at radius 2 is 2.00 bits per heavy atom. The molecule has 2 unspecified atom stereocenters. The second-order valence-electron chi connectivity index (χ2n) is 11.7. The van der Waals surface area contributed by atoms with Crippen molar-refractivity contribution in [3.8, 4) is 5.69 Å². The molecule has 1 aromatic carbocycles. The molecule has 0 saturated heterocycles. The zero-order valence-electron chi connectivity index (χ0n) is 24.1. The highest BCUT2D eigenvalue weighted by Gasteiger charge is 2.54. The molecule has 43 heavy (non-hydrogen) atoms. The minimum Gasteiger partial charge on any atom is -0.468 e. The average Bonchev–Trinajstić information content (AvgIpc) is 3.64. The minimum absolute atomic E-state index is 0.130. The van der Waals surface area contributed by atoms with Gasteiger partial charge in [-0.2, -0.15) is 18.3 Å². The van der Waals surface area contributed by atoms with Gasteiger partial charge in [0.25, 0.3) is 0 Å². The van der Waals surface area contributed by atoms with Gasteiger partial charge >= 0.3 is 12.1 Å². The predicted octanol–water partition coefficient (Wildman–Crippen LogP) is 6.03. The third kappa shape index (κ3) is 3.63. The predicted molar refractivity (Wildman–Crippen MR) is 151 cm³/mol. The maximum absolute atomic E-state index is 15.1. The van der Waals surface area contributed by atoms with Gasteiger partial charge in [-0.05, 0) is 49.1 Å². The maximum atomic E-state index is 15.1. The number of para-hydroxylation sites is 1. The third-order valence-electron chi connectivity index (χ3n) is 9.35. The van der Waals surface area contributed by atoms with Crippen LogP contribution in [0.1, 0.15) is 65.7 Å². The molecule has 3 aliphatic rings. The monoisotopic (exact) mass is 591 g/mol. The van der Waals surface area contributed by atoms with Gasteiger partial charge in [0.15, 0.2) is 11.6 Å². The summed E-state index contributed by atoms with van der Waals surface area (Å²) in [4.78, 5) is 22.2. The molecule has 7 rings (SSSR count). The molecule has 4 aromatic rings. The number of carbonyl (C=O) groups excluding carboxylic acids is 1. The van der Waals surface area contributed by atoms with Gasteiger partial charge in [-0.3, -0.25) is 4.79 Å². The fraction of sp³-hybridized carbons (Fsp3) is 0.344. The molecule has 2 aliphatic heterocycles. The average molecular weight is 592 g/mol. The van der Waals surface area contributed by atoms with E-state index in [1.165, 1.54) is 7.11 Å². The fourth-order valence-corrected chi connectivity index (χ4v) is 7.23. The number of aromatic amines is 1. The molecule has 7 nitrogen and oxygen atoms in total. The Labute approximate surface area is 245 Å². The lowest BCUT2D eigenvalue weighted by Gasteiger charge is -2.46. The third-order valence-corrected chi connectivity index (χ3v) is 9.35. The number of allylic oxidation sites excluding steroid dienone is 1. The van der Waals surface area contributed by atoms with Crippen LogP contribution in [0.4, 0.5) is 23.4 Å². The van der Waals surface area contributed by atoms with Crippen molar-refractivity contribution >= 4 is 17.4 Å². The van der Waals surface area contributed by atoms with Crippen molar-refractivity contribution in [1.82, 2.24) is 19.7 Å². The SMILES string of the molecule is CCc1cccc2c1-n1nc3c(c1C1(C)C2=CC(C)(C(=O)OC)c2[nH]ccc21)CN(c1ncc(C(F)(F)F)cc1F)CC3. The number of esters is 1.